The molecule has 84 valence electrons. The van der Waals surface area contributed by atoms with Crippen LogP contribution < -0.4 is 10.1 Å². The van der Waals surface area contributed by atoms with Crippen molar-refractivity contribution in [1.82, 2.24) is 25.5 Å². The standard InChI is InChI=1S/C10H13N5O/c1-11-7-10-12-13-14-15(10)8-3-5-9(16-2)6-4-8/h3-6,11H,7H2,1-2H3. The molecule has 0 aliphatic rings. The van der Waals surface area contributed by atoms with Crippen molar-refractivity contribution in [2.75, 3.05) is 14.2 Å². The average molecular weight is 219 g/mol. The molecule has 2 rings (SSSR count). The number of methoxy groups -OCH3 is 1. The highest BCUT2D eigenvalue weighted by atomic mass is 16.5. The molecule has 1 N–H and O–H groups in total. The van der Waals surface area contributed by atoms with Gasteiger partial charge >= 0.3 is 0 Å². The molecule has 1 heterocycles. The first kappa shape index (κ1) is 10.6. The van der Waals surface area contributed by atoms with E-state index in [0.717, 1.165) is 17.3 Å². The summed E-state index contributed by atoms with van der Waals surface area (Å²) in [5.41, 5.74) is 0.913. The van der Waals surface area contributed by atoms with Crippen LogP contribution in [0.4, 0.5) is 0 Å². The van der Waals surface area contributed by atoms with Crippen molar-refractivity contribution in [3.05, 3.63) is 30.1 Å². The molecule has 0 bridgehead atoms. The summed E-state index contributed by atoms with van der Waals surface area (Å²) < 4.78 is 6.78. The Morgan fingerprint density at radius 1 is 1.31 bits per heavy atom. The van der Waals surface area contributed by atoms with Crippen molar-refractivity contribution in [3.8, 4) is 11.4 Å². The van der Waals surface area contributed by atoms with Gasteiger partial charge in [0.25, 0.3) is 0 Å². The maximum atomic E-state index is 5.09. The lowest BCUT2D eigenvalue weighted by Crippen LogP contribution is -2.12. The number of rotatable bonds is 4. The van der Waals surface area contributed by atoms with Gasteiger partial charge in [0.15, 0.2) is 5.82 Å². The van der Waals surface area contributed by atoms with Crippen LogP contribution in [0.2, 0.25) is 0 Å². The second kappa shape index (κ2) is 4.71. The molecule has 0 spiro atoms. The van der Waals surface area contributed by atoms with Crippen LogP contribution in [-0.4, -0.2) is 34.4 Å². The van der Waals surface area contributed by atoms with E-state index in [9.17, 15) is 0 Å². The molecule has 0 aliphatic carbocycles. The van der Waals surface area contributed by atoms with Crippen LogP contribution >= 0.6 is 0 Å². The average Bonchev–Trinajstić information content (AvgIpc) is 2.78. The van der Waals surface area contributed by atoms with Gasteiger partial charge in [-0.1, -0.05) is 0 Å². The van der Waals surface area contributed by atoms with Gasteiger partial charge in [-0.2, -0.15) is 4.68 Å². The number of nitrogens with one attached hydrogen (secondary N) is 1. The molecule has 2 aromatic rings. The van der Waals surface area contributed by atoms with Gasteiger partial charge in [-0.15, -0.1) is 5.10 Å². The third-order valence-electron chi connectivity index (χ3n) is 2.19. The van der Waals surface area contributed by atoms with Crippen LogP contribution in [-0.2, 0) is 6.54 Å². The zero-order valence-corrected chi connectivity index (χ0v) is 9.21. The predicted molar refractivity (Wildman–Crippen MR) is 58.5 cm³/mol. The largest absolute Gasteiger partial charge is 0.497 e. The quantitative estimate of drug-likeness (QED) is 0.805. The minimum Gasteiger partial charge on any atom is -0.497 e. The summed E-state index contributed by atoms with van der Waals surface area (Å²) in [5, 5.41) is 14.5. The van der Waals surface area contributed by atoms with Crippen LogP contribution in [0.25, 0.3) is 5.69 Å². The Morgan fingerprint density at radius 2 is 2.06 bits per heavy atom. The highest BCUT2D eigenvalue weighted by Crippen LogP contribution is 2.14. The van der Waals surface area contributed by atoms with E-state index in [1.165, 1.54) is 0 Å². The number of aromatic nitrogens is 4. The molecule has 0 radical (unpaired) electrons. The van der Waals surface area contributed by atoms with Crippen molar-refractivity contribution in [2.24, 2.45) is 0 Å². The fourth-order valence-corrected chi connectivity index (χ4v) is 1.40. The third-order valence-corrected chi connectivity index (χ3v) is 2.19. The van der Waals surface area contributed by atoms with E-state index >= 15 is 0 Å². The summed E-state index contributed by atoms with van der Waals surface area (Å²) >= 11 is 0. The lowest BCUT2D eigenvalue weighted by atomic mass is 10.3. The summed E-state index contributed by atoms with van der Waals surface area (Å²) in [7, 11) is 3.49. The van der Waals surface area contributed by atoms with Crippen LogP contribution in [0, 0.1) is 0 Å². The van der Waals surface area contributed by atoms with Crippen molar-refractivity contribution in [3.63, 3.8) is 0 Å². The van der Waals surface area contributed by atoms with E-state index in [1.54, 1.807) is 11.8 Å². The molecule has 1 aromatic heterocycles. The van der Waals surface area contributed by atoms with Crippen LogP contribution in [0.5, 0.6) is 5.75 Å². The number of benzene rings is 1. The predicted octanol–water partition coefficient (Wildman–Crippen LogP) is 0.390. The van der Waals surface area contributed by atoms with E-state index in [1.807, 2.05) is 31.3 Å². The lowest BCUT2D eigenvalue weighted by Gasteiger charge is -2.05. The molecule has 1 aromatic carbocycles. The summed E-state index contributed by atoms with van der Waals surface area (Å²) in [4.78, 5) is 0. The molecule has 0 unspecified atom stereocenters. The maximum Gasteiger partial charge on any atom is 0.170 e. The van der Waals surface area contributed by atoms with Gasteiger partial charge in [-0.3, -0.25) is 0 Å². The fourth-order valence-electron chi connectivity index (χ4n) is 1.40. The Balaban J connectivity index is 2.31. The normalized spacial score (nSPS) is 10.4. The molecular formula is C10H13N5O. The topological polar surface area (TPSA) is 64.9 Å². The third kappa shape index (κ3) is 2.01. The van der Waals surface area contributed by atoms with Crippen LogP contribution in [0.15, 0.2) is 24.3 Å². The molecule has 0 aliphatic heterocycles. The number of hydrogen-bond donors (Lipinski definition) is 1. The second-order valence-electron chi connectivity index (χ2n) is 3.24. The van der Waals surface area contributed by atoms with Crippen molar-refractivity contribution >= 4 is 0 Å². The molecule has 16 heavy (non-hydrogen) atoms. The van der Waals surface area contributed by atoms with E-state index in [-0.39, 0.29) is 0 Å². The van der Waals surface area contributed by atoms with Gasteiger partial charge in [0.2, 0.25) is 0 Å². The molecular weight excluding hydrogens is 206 g/mol. The van der Waals surface area contributed by atoms with Gasteiger partial charge < -0.3 is 10.1 Å². The number of hydrogen-bond acceptors (Lipinski definition) is 5. The Bertz CT molecular complexity index is 450. The molecule has 0 atom stereocenters. The monoisotopic (exact) mass is 219 g/mol. The first-order chi connectivity index (χ1) is 7.85. The highest BCUT2D eigenvalue weighted by molar-refractivity contribution is 5.36. The Morgan fingerprint density at radius 3 is 2.69 bits per heavy atom. The second-order valence-corrected chi connectivity index (χ2v) is 3.24. The van der Waals surface area contributed by atoms with E-state index in [4.69, 9.17) is 4.74 Å². The van der Waals surface area contributed by atoms with E-state index < -0.39 is 0 Å². The molecule has 0 saturated carbocycles. The van der Waals surface area contributed by atoms with Gasteiger partial charge in [0.1, 0.15) is 5.75 Å². The molecule has 0 saturated heterocycles. The molecule has 6 heteroatoms. The number of nitrogens with zero attached hydrogens (tertiary/aromatic N) is 4. The SMILES string of the molecule is CNCc1nnnn1-c1ccc(OC)cc1. The first-order valence-electron chi connectivity index (χ1n) is 4.91. The summed E-state index contributed by atoms with van der Waals surface area (Å²) in [6, 6.07) is 7.57. The fraction of sp³-hybridized carbons (Fsp3) is 0.300. The Hall–Kier alpha value is -1.95. The zero-order valence-electron chi connectivity index (χ0n) is 9.21. The summed E-state index contributed by atoms with van der Waals surface area (Å²) in [5.74, 6) is 1.58. The number of ether oxygens (including phenoxy) is 1. The van der Waals surface area contributed by atoms with E-state index in [0.29, 0.717) is 6.54 Å². The van der Waals surface area contributed by atoms with Crippen molar-refractivity contribution in [1.29, 1.82) is 0 Å². The van der Waals surface area contributed by atoms with Gasteiger partial charge in [-0.25, -0.2) is 0 Å². The summed E-state index contributed by atoms with van der Waals surface area (Å²) in [6.07, 6.45) is 0. The Labute approximate surface area is 93.2 Å². The molecule has 0 amide bonds. The van der Waals surface area contributed by atoms with Gasteiger partial charge in [-0.05, 0) is 41.7 Å². The first-order valence-corrected chi connectivity index (χ1v) is 4.91. The summed E-state index contributed by atoms with van der Waals surface area (Å²) in [6.45, 7) is 0.624. The minimum atomic E-state index is 0.624. The van der Waals surface area contributed by atoms with Gasteiger partial charge in [0.05, 0.1) is 19.3 Å². The van der Waals surface area contributed by atoms with Crippen molar-refractivity contribution in [2.45, 2.75) is 6.54 Å². The lowest BCUT2D eigenvalue weighted by molar-refractivity contribution is 0.414. The highest BCUT2D eigenvalue weighted by Gasteiger charge is 2.06. The van der Waals surface area contributed by atoms with Crippen LogP contribution in [0.3, 0.4) is 0 Å². The smallest absolute Gasteiger partial charge is 0.170 e. The minimum absolute atomic E-state index is 0.624. The van der Waals surface area contributed by atoms with E-state index in [2.05, 4.69) is 20.8 Å². The van der Waals surface area contributed by atoms with Crippen molar-refractivity contribution < 1.29 is 4.74 Å². The van der Waals surface area contributed by atoms with Crippen LogP contribution in [0.1, 0.15) is 5.82 Å². The Kier molecular flexibility index (Phi) is 3.11. The number of tetrazole rings is 1. The van der Waals surface area contributed by atoms with Gasteiger partial charge in [0, 0.05) is 0 Å². The zero-order chi connectivity index (χ0) is 11.4. The molecule has 6 nitrogen and oxygen atoms in total. The maximum absolute atomic E-state index is 5.09. The molecule has 0 fully saturated rings.